The molecular formula is C29H37N3O4. The fraction of sp³-hybridized carbons (Fsp3) is 0.483. The number of amides is 1. The Morgan fingerprint density at radius 1 is 1.06 bits per heavy atom. The van der Waals surface area contributed by atoms with Crippen LogP contribution in [0.15, 0.2) is 47.6 Å². The monoisotopic (exact) mass is 491 g/mol. The van der Waals surface area contributed by atoms with Gasteiger partial charge < -0.3 is 9.47 Å². The Labute approximate surface area is 214 Å². The van der Waals surface area contributed by atoms with Crippen LogP contribution >= 0.6 is 0 Å². The van der Waals surface area contributed by atoms with Crippen molar-refractivity contribution in [2.75, 3.05) is 32.8 Å². The molecule has 2 aromatic rings. The van der Waals surface area contributed by atoms with Gasteiger partial charge in [0.2, 0.25) is 0 Å². The molecule has 7 heteroatoms. The number of benzene rings is 2. The average Bonchev–Trinajstić information content (AvgIpc) is 3.30. The van der Waals surface area contributed by atoms with Gasteiger partial charge in [-0.2, -0.15) is 5.10 Å². The smallest absolute Gasteiger partial charge is 0.310 e. The number of ether oxygens (including phenoxy) is 2. The lowest BCUT2D eigenvalue weighted by Gasteiger charge is -2.32. The summed E-state index contributed by atoms with van der Waals surface area (Å²) in [5.41, 5.74) is 5.38. The normalized spacial score (nSPS) is 20.2. The number of hydrogen-bond donors (Lipinski definition) is 0. The van der Waals surface area contributed by atoms with Gasteiger partial charge in [0.25, 0.3) is 5.91 Å². The van der Waals surface area contributed by atoms with Crippen LogP contribution in [0, 0.1) is 19.8 Å². The maximum absolute atomic E-state index is 13.6. The van der Waals surface area contributed by atoms with E-state index in [1.165, 1.54) is 5.56 Å². The lowest BCUT2D eigenvalue weighted by atomic mass is 9.95. The lowest BCUT2D eigenvalue weighted by molar-refractivity contribution is -0.150. The zero-order chi connectivity index (χ0) is 25.7. The Kier molecular flexibility index (Phi) is 8.41. The van der Waals surface area contributed by atoms with Crippen LogP contribution < -0.4 is 4.74 Å². The number of nitrogens with zero attached hydrogens (tertiary/aromatic N) is 3. The highest BCUT2D eigenvalue weighted by Gasteiger charge is 2.35. The van der Waals surface area contributed by atoms with E-state index >= 15 is 0 Å². The predicted molar refractivity (Wildman–Crippen MR) is 140 cm³/mol. The van der Waals surface area contributed by atoms with E-state index in [4.69, 9.17) is 14.6 Å². The number of esters is 1. The molecule has 2 aromatic carbocycles. The Morgan fingerprint density at radius 2 is 1.83 bits per heavy atom. The number of hydrazone groups is 1. The average molecular weight is 492 g/mol. The second-order valence-corrected chi connectivity index (χ2v) is 9.65. The van der Waals surface area contributed by atoms with Crippen LogP contribution in [0.3, 0.4) is 0 Å². The molecule has 1 fully saturated rings. The third-order valence-corrected chi connectivity index (χ3v) is 6.92. The molecule has 0 unspecified atom stereocenters. The molecule has 0 saturated carbocycles. The molecule has 0 radical (unpaired) electrons. The van der Waals surface area contributed by atoms with Crippen LogP contribution in [0.25, 0.3) is 0 Å². The lowest BCUT2D eigenvalue weighted by Crippen LogP contribution is -2.44. The molecule has 36 heavy (non-hydrogen) atoms. The van der Waals surface area contributed by atoms with Gasteiger partial charge in [-0.15, -0.1) is 0 Å². The third-order valence-electron chi connectivity index (χ3n) is 6.92. The van der Waals surface area contributed by atoms with Gasteiger partial charge in [0.05, 0.1) is 37.4 Å². The third kappa shape index (κ3) is 5.95. The van der Waals surface area contributed by atoms with E-state index in [0.717, 1.165) is 47.5 Å². The van der Waals surface area contributed by atoms with Gasteiger partial charge in [-0.1, -0.05) is 35.9 Å². The van der Waals surface area contributed by atoms with E-state index in [2.05, 4.69) is 36.9 Å². The van der Waals surface area contributed by atoms with Crippen molar-refractivity contribution in [2.24, 2.45) is 11.0 Å². The Bertz CT molecular complexity index is 1110. The van der Waals surface area contributed by atoms with Crippen LogP contribution in [-0.2, 0) is 14.3 Å². The van der Waals surface area contributed by atoms with Crippen molar-refractivity contribution in [3.8, 4) is 5.75 Å². The van der Waals surface area contributed by atoms with Gasteiger partial charge in [0, 0.05) is 18.5 Å². The Balaban J connectivity index is 1.56. The summed E-state index contributed by atoms with van der Waals surface area (Å²) in [4.78, 5) is 28.0. The first-order chi connectivity index (χ1) is 17.4. The quantitative estimate of drug-likeness (QED) is 0.503. The first-order valence-corrected chi connectivity index (χ1v) is 13.0. The molecule has 2 aliphatic rings. The summed E-state index contributed by atoms with van der Waals surface area (Å²) >= 11 is 0. The maximum Gasteiger partial charge on any atom is 0.310 e. The van der Waals surface area contributed by atoms with Crippen LogP contribution in [0.1, 0.15) is 61.4 Å². The molecule has 2 atom stereocenters. The van der Waals surface area contributed by atoms with E-state index in [1.54, 1.807) is 5.01 Å². The minimum absolute atomic E-state index is 0.0573. The van der Waals surface area contributed by atoms with Crippen LogP contribution in [0.2, 0.25) is 0 Å². The first kappa shape index (κ1) is 25.9. The van der Waals surface area contributed by atoms with Crippen LogP contribution in [-0.4, -0.2) is 60.3 Å². The highest BCUT2D eigenvalue weighted by molar-refractivity contribution is 6.04. The van der Waals surface area contributed by atoms with Crippen molar-refractivity contribution < 1.29 is 19.1 Å². The number of hydrogen-bond acceptors (Lipinski definition) is 6. The van der Waals surface area contributed by atoms with Gasteiger partial charge >= 0.3 is 5.97 Å². The Morgan fingerprint density at radius 3 is 2.53 bits per heavy atom. The van der Waals surface area contributed by atoms with E-state index in [-0.39, 0.29) is 30.4 Å². The van der Waals surface area contributed by atoms with Crippen molar-refractivity contribution in [3.63, 3.8) is 0 Å². The van der Waals surface area contributed by atoms with E-state index in [0.29, 0.717) is 26.2 Å². The van der Waals surface area contributed by atoms with Gasteiger partial charge in [-0.25, -0.2) is 5.01 Å². The van der Waals surface area contributed by atoms with E-state index < -0.39 is 0 Å². The SMILES string of the molecule is CCOC(=O)[C@@H]1CCCN(CC(=O)N2N=C(c3ccc(C)cc3C)C[C@H]2c2ccc(OCC)cc2)C1. The molecule has 192 valence electrons. The van der Waals surface area contributed by atoms with Crippen molar-refractivity contribution in [1.82, 2.24) is 9.91 Å². The standard InChI is InChI=1S/C29H37N3O4/c1-5-35-24-12-10-22(11-13-24)27-17-26(25-14-9-20(3)16-21(25)4)30-32(27)28(33)19-31-15-7-8-23(18-31)29(34)36-6-2/h9-14,16,23,27H,5-8,15,17-19H2,1-4H3/t23-,27+/m1/s1. The maximum atomic E-state index is 13.6. The molecule has 2 heterocycles. The summed E-state index contributed by atoms with van der Waals surface area (Å²) in [5, 5.41) is 6.52. The van der Waals surface area contributed by atoms with Crippen molar-refractivity contribution in [1.29, 1.82) is 0 Å². The number of carbonyl (C=O) groups excluding carboxylic acids is 2. The topological polar surface area (TPSA) is 71.4 Å². The summed E-state index contributed by atoms with van der Waals surface area (Å²) in [6.45, 7) is 10.5. The molecule has 0 aromatic heterocycles. The van der Waals surface area contributed by atoms with Crippen LogP contribution in [0.4, 0.5) is 0 Å². The number of likely N-dealkylation sites (tertiary alicyclic amines) is 1. The molecular weight excluding hydrogens is 454 g/mol. The number of rotatable bonds is 8. The summed E-state index contributed by atoms with van der Waals surface area (Å²) in [6, 6.07) is 14.1. The summed E-state index contributed by atoms with van der Waals surface area (Å²) in [6.07, 6.45) is 2.32. The summed E-state index contributed by atoms with van der Waals surface area (Å²) in [5.74, 6) is 0.406. The predicted octanol–water partition coefficient (Wildman–Crippen LogP) is 4.65. The summed E-state index contributed by atoms with van der Waals surface area (Å²) in [7, 11) is 0. The molecule has 1 saturated heterocycles. The molecule has 0 aliphatic carbocycles. The number of carbonyl (C=O) groups is 2. The van der Waals surface area contributed by atoms with Gasteiger partial charge in [0.15, 0.2) is 0 Å². The first-order valence-electron chi connectivity index (χ1n) is 13.0. The molecule has 7 nitrogen and oxygen atoms in total. The van der Waals surface area contributed by atoms with E-state index in [1.807, 2.05) is 38.1 Å². The van der Waals surface area contributed by atoms with Crippen molar-refractivity contribution in [2.45, 2.75) is 53.0 Å². The van der Waals surface area contributed by atoms with Crippen molar-refractivity contribution >= 4 is 17.6 Å². The largest absolute Gasteiger partial charge is 0.494 e. The minimum Gasteiger partial charge on any atom is -0.494 e. The van der Waals surface area contributed by atoms with E-state index in [9.17, 15) is 9.59 Å². The second kappa shape index (κ2) is 11.7. The molecule has 2 aliphatic heterocycles. The minimum atomic E-state index is -0.186. The molecule has 1 amide bonds. The number of aryl methyl sites for hydroxylation is 2. The number of piperidine rings is 1. The van der Waals surface area contributed by atoms with Gasteiger partial charge in [-0.05, 0) is 70.3 Å². The zero-order valence-electron chi connectivity index (χ0n) is 21.8. The van der Waals surface area contributed by atoms with Crippen molar-refractivity contribution in [3.05, 3.63) is 64.7 Å². The fourth-order valence-electron chi connectivity index (χ4n) is 5.17. The molecule has 0 spiro atoms. The Hall–Kier alpha value is -3.19. The molecule has 0 bridgehead atoms. The van der Waals surface area contributed by atoms with Crippen LogP contribution in [0.5, 0.6) is 5.75 Å². The molecule has 4 rings (SSSR count). The fourth-order valence-corrected chi connectivity index (χ4v) is 5.17. The highest BCUT2D eigenvalue weighted by atomic mass is 16.5. The van der Waals surface area contributed by atoms with Gasteiger partial charge in [0.1, 0.15) is 5.75 Å². The zero-order valence-corrected chi connectivity index (χ0v) is 21.8. The second-order valence-electron chi connectivity index (χ2n) is 9.65. The molecule has 0 N–H and O–H groups in total. The summed E-state index contributed by atoms with van der Waals surface area (Å²) < 4.78 is 10.8. The highest BCUT2D eigenvalue weighted by Crippen LogP contribution is 2.34. The van der Waals surface area contributed by atoms with Gasteiger partial charge in [-0.3, -0.25) is 14.5 Å².